The number of fused-ring (bicyclic) bond motifs is 1. The van der Waals surface area contributed by atoms with Gasteiger partial charge in [-0.25, -0.2) is 4.99 Å². The molecule has 29 heavy (non-hydrogen) atoms. The molecule has 2 aromatic heterocycles. The van der Waals surface area contributed by atoms with Crippen LogP contribution in [0.1, 0.15) is 30.5 Å². The van der Waals surface area contributed by atoms with Gasteiger partial charge in [-0.15, -0.1) is 0 Å². The summed E-state index contributed by atoms with van der Waals surface area (Å²) in [6.07, 6.45) is 1.77. The molecule has 0 spiro atoms. The lowest BCUT2D eigenvalue weighted by molar-refractivity contribution is -0.384. The Hall–Kier alpha value is -3.13. The molecule has 0 bridgehead atoms. The van der Waals surface area contributed by atoms with Crippen molar-refractivity contribution >= 4 is 22.6 Å². The summed E-state index contributed by atoms with van der Waals surface area (Å²) >= 11 is 1.76. The molecule has 0 unspecified atom stereocenters. The molecule has 2 aliphatic heterocycles. The Labute approximate surface area is 171 Å². The molecule has 1 saturated heterocycles. The Morgan fingerprint density at radius 1 is 1.17 bits per heavy atom. The van der Waals surface area contributed by atoms with E-state index in [0.29, 0.717) is 16.6 Å². The molecule has 0 N–H and O–H groups in total. The molecule has 0 radical (unpaired) electrons. The monoisotopic (exact) mass is 406 g/mol. The molecule has 3 aromatic rings. The standard InChI is InChI=1S/C21H18N4O3S/c1-13-12-24-20(19(23-21(24)29-13)15-7-4-5-11-22-15)18-10-9-17(28-18)14-6-2-3-8-16(14)25(26)27/h2-11,13,19-20H,12H2,1H3/t13-,19+,20-/m1/s1. The maximum Gasteiger partial charge on any atom is 0.280 e. The Kier molecular flexibility index (Phi) is 4.35. The second kappa shape index (κ2) is 7.04. The van der Waals surface area contributed by atoms with Gasteiger partial charge in [0.25, 0.3) is 5.69 Å². The minimum absolute atomic E-state index is 0.0309. The van der Waals surface area contributed by atoms with Crippen molar-refractivity contribution in [2.75, 3.05) is 6.54 Å². The van der Waals surface area contributed by atoms with E-state index < -0.39 is 0 Å². The van der Waals surface area contributed by atoms with E-state index in [0.717, 1.165) is 23.2 Å². The molecule has 146 valence electrons. The summed E-state index contributed by atoms with van der Waals surface area (Å²) in [5, 5.41) is 12.9. The van der Waals surface area contributed by atoms with Gasteiger partial charge >= 0.3 is 0 Å². The van der Waals surface area contributed by atoms with E-state index in [-0.39, 0.29) is 22.7 Å². The summed E-state index contributed by atoms with van der Waals surface area (Å²) in [6, 6.07) is 15.9. The van der Waals surface area contributed by atoms with Gasteiger partial charge < -0.3 is 9.32 Å². The Morgan fingerprint density at radius 2 is 2.00 bits per heavy atom. The SMILES string of the molecule is C[C@@H]1CN2C(=N[C@@H](c3ccccn3)[C@H]2c2ccc(-c3ccccc3[N+](=O)[O-])o2)S1. The van der Waals surface area contributed by atoms with E-state index in [1.807, 2.05) is 24.3 Å². The molecule has 1 aromatic carbocycles. The Bertz CT molecular complexity index is 1100. The molecule has 8 heteroatoms. The number of hydrogen-bond acceptors (Lipinski definition) is 7. The minimum atomic E-state index is -0.385. The number of nitro groups is 1. The van der Waals surface area contributed by atoms with E-state index in [4.69, 9.17) is 9.41 Å². The average molecular weight is 406 g/mol. The number of amidine groups is 1. The number of para-hydroxylation sites is 1. The maximum atomic E-state index is 11.4. The second-order valence-electron chi connectivity index (χ2n) is 7.11. The Balaban J connectivity index is 1.55. The lowest BCUT2D eigenvalue weighted by Gasteiger charge is -2.25. The maximum absolute atomic E-state index is 11.4. The number of aliphatic imine (C=N–C) groups is 1. The zero-order valence-electron chi connectivity index (χ0n) is 15.6. The normalized spacial score (nSPS) is 23.1. The molecular weight excluding hydrogens is 388 g/mol. The number of nitrogens with zero attached hydrogens (tertiary/aromatic N) is 4. The third-order valence-electron chi connectivity index (χ3n) is 5.17. The third kappa shape index (κ3) is 3.09. The van der Waals surface area contributed by atoms with Crippen LogP contribution in [0.15, 0.2) is 70.2 Å². The average Bonchev–Trinajstić information content (AvgIpc) is 3.42. The minimum Gasteiger partial charge on any atom is -0.459 e. The zero-order chi connectivity index (χ0) is 20.0. The lowest BCUT2D eigenvalue weighted by Crippen LogP contribution is -2.28. The Morgan fingerprint density at radius 3 is 2.79 bits per heavy atom. The highest BCUT2D eigenvalue weighted by molar-refractivity contribution is 8.14. The van der Waals surface area contributed by atoms with Crippen molar-refractivity contribution in [2.24, 2.45) is 4.99 Å². The van der Waals surface area contributed by atoms with Crippen LogP contribution in [0.25, 0.3) is 11.3 Å². The number of thioether (sulfide) groups is 1. The van der Waals surface area contributed by atoms with Gasteiger partial charge in [0.15, 0.2) is 5.17 Å². The fourth-order valence-electron chi connectivity index (χ4n) is 3.92. The van der Waals surface area contributed by atoms with E-state index in [1.165, 1.54) is 6.07 Å². The van der Waals surface area contributed by atoms with Crippen LogP contribution in [0.2, 0.25) is 0 Å². The van der Waals surface area contributed by atoms with Gasteiger partial charge in [-0.2, -0.15) is 0 Å². The first-order valence-corrected chi connectivity index (χ1v) is 10.3. The molecule has 0 aliphatic carbocycles. The van der Waals surface area contributed by atoms with Gasteiger partial charge in [0.1, 0.15) is 23.6 Å². The molecule has 0 saturated carbocycles. The smallest absolute Gasteiger partial charge is 0.280 e. The number of nitro benzene ring substituents is 1. The van der Waals surface area contributed by atoms with Crippen molar-refractivity contribution in [3.05, 3.63) is 82.4 Å². The van der Waals surface area contributed by atoms with Gasteiger partial charge in [-0.05, 0) is 30.3 Å². The summed E-state index contributed by atoms with van der Waals surface area (Å²) in [6.45, 7) is 3.05. The summed E-state index contributed by atoms with van der Waals surface area (Å²) in [4.78, 5) is 22.7. The molecule has 7 nitrogen and oxygen atoms in total. The van der Waals surface area contributed by atoms with Crippen LogP contribution in [0.4, 0.5) is 5.69 Å². The summed E-state index contributed by atoms with van der Waals surface area (Å²) in [7, 11) is 0. The van der Waals surface area contributed by atoms with E-state index >= 15 is 0 Å². The molecule has 3 atom stereocenters. The van der Waals surface area contributed by atoms with Gasteiger partial charge in [-0.1, -0.05) is 36.9 Å². The van der Waals surface area contributed by atoms with Crippen molar-refractivity contribution in [3.63, 3.8) is 0 Å². The number of rotatable bonds is 4. The zero-order valence-corrected chi connectivity index (χ0v) is 16.5. The van der Waals surface area contributed by atoms with Crippen LogP contribution in [0.5, 0.6) is 0 Å². The summed E-state index contributed by atoms with van der Waals surface area (Å²) in [5.41, 5.74) is 1.39. The van der Waals surface area contributed by atoms with Crippen molar-refractivity contribution in [2.45, 2.75) is 24.3 Å². The number of hydrogen-bond donors (Lipinski definition) is 0. The van der Waals surface area contributed by atoms with E-state index in [9.17, 15) is 10.1 Å². The summed E-state index contributed by atoms with van der Waals surface area (Å²) < 4.78 is 6.18. The van der Waals surface area contributed by atoms with Crippen LogP contribution in [-0.2, 0) is 0 Å². The van der Waals surface area contributed by atoms with Gasteiger partial charge in [-0.3, -0.25) is 15.1 Å². The molecule has 1 fully saturated rings. The molecule has 5 rings (SSSR count). The number of benzene rings is 1. The van der Waals surface area contributed by atoms with E-state index in [2.05, 4.69) is 16.8 Å². The predicted octanol–water partition coefficient (Wildman–Crippen LogP) is 4.84. The van der Waals surface area contributed by atoms with Gasteiger partial charge in [0, 0.05) is 24.1 Å². The molecular formula is C21H18N4O3S. The number of aromatic nitrogens is 1. The first kappa shape index (κ1) is 17.9. The second-order valence-corrected chi connectivity index (χ2v) is 8.52. The number of pyridine rings is 1. The lowest BCUT2D eigenvalue weighted by atomic mass is 10.0. The fourth-order valence-corrected chi connectivity index (χ4v) is 5.02. The van der Waals surface area contributed by atoms with Crippen LogP contribution >= 0.6 is 11.8 Å². The van der Waals surface area contributed by atoms with E-state index in [1.54, 1.807) is 42.2 Å². The first-order chi connectivity index (χ1) is 14.1. The van der Waals surface area contributed by atoms with Crippen LogP contribution < -0.4 is 0 Å². The predicted molar refractivity (Wildman–Crippen MR) is 112 cm³/mol. The van der Waals surface area contributed by atoms with Crippen molar-refractivity contribution in [1.29, 1.82) is 0 Å². The highest BCUT2D eigenvalue weighted by Crippen LogP contribution is 2.48. The van der Waals surface area contributed by atoms with Crippen molar-refractivity contribution in [1.82, 2.24) is 9.88 Å². The summed E-state index contributed by atoms with van der Waals surface area (Å²) in [5.74, 6) is 1.22. The highest BCUT2D eigenvalue weighted by atomic mass is 32.2. The number of furan rings is 1. The molecule has 0 amide bonds. The highest BCUT2D eigenvalue weighted by Gasteiger charge is 2.45. The quantitative estimate of drug-likeness (QED) is 0.455. The topological polar surface area (TPSA) is 84.8 Å². The van der Waals surface area contributed by atoms with Gasteiger partial charge in [0.2, 0.25) is 0 Å². The van der Waals surface area contributed by atoms with Crippen molar-refractivity contribution in [3.8, 4) is 11.3 Å². The fraction of sp³-hybridized carbons (Fsp3) is 0.238. The first-order valence-electron chi connectivity index (χ1n) is 9.37. The largest absolute Gasteiger partial charge is 0.459 e. The third-order valence-corrected chi connectivity index (χ3v) is 6.27. The van der Waals surface area contributed by atoms with Gasteiger partial charge in [0.05, 0.1) is 16.2 Å². The molecule has 2 aliphatic rings. The molecule has 4 heterocycles. The van der Waals surface area contributed by atoms with Crippen LogP contribution in [0.3, 0.4) is 0 Å². The van der Waals surface area contributed by atoms with Crippen LogP contribution in [0, 0.1) is 10.1 Å². The van der Waals surface area contributed by atoms with Crippen molar-refractivity contribution < 1.29 is 9.34 Å². The van der Waals surface area contributed by atoms with Crippen LogP contribution in [-0.4, -0.2) is 31.8 Å².